The van der Waals surface area contributed by atoms with E-state index in [1.807, 2.05) is 39.9 Å². The van der Waals surface area contributed by atoms with Crippen LogP contribution in [0.3, 0.4) is 0 Å². The topological polar surface area (TPSA) is 91.7 Å². The fourth-order valence-electron chi connectivity index (χ4n) is 4.68. The smallest absolute Gasteiger partial charge is 0.294 e. The van der Waals surface area contributed by atoms with Crippen molar-refractivity contribution < 1.29 is 23.6 Å². The second kappa shape index (κ2) is 10.8. The number of aromatic nitrogens is 1. The van der Waals surface area contributed by atoms with Crippen molar-refractivity contribution in [1.82, 2.24) is 14.4 Å². The maximum Gasteiger partial charge on any atom is 0.294 e. The second-order valence-corrected chi connectivity index (χ2v) is 10.6. The summed E-state index contributed by atoms with van der Waals surface area (Å²) in [6, 6.07) is 12.8. The number of carbonyl (C=O) groups excluding carboxylic acids is 4. The van der Waals surface area contributed by atoms with E-state index in [0.717, 1.165) is 53.5 Å². The molecule has 4 amide bonds. The van der Waals surface area contributed by atoms with E-state index in [-0.39, 0.29) is 17.4 Å². The zero-order chi connectivity index (χ0) is 26.8. The van der Waals surface area contributed by atoms with E-state index >= 15 is 0 Å². The summed E-state index contributed by atoms with van der Waals surface area (Å²) in [4.78, 5) is 54.0. The number of nitrogens with one attached hydrogen (secondary N) is 1. The molecule has 0 bridgehead atoms. The Bertz CT molecular complexity index is 1440. The summed E-state index contributed by atoms with van der Waals surface area (Å²) in [6.07, 6.45) is 5.46. The molecule has 0 spiro atoms. The van der Waals surface area contributed by atoms with Crippen LogP contribution in [0.4, 0.5) is 14.9 Å². The van der Waals surface area contributed by atoms with Crippen LogP contribution in [0.15, 0.2) is 59.6 Å². The Morgan fingerprint density at radius 1 is 1.05 bits per heavy atom. The van der Waals surface area contributed by atoms with Crippen LogP contribution in [0.2, 0.25) is 0 Å². The standard InChI is InChI=1S/C28H27FN4O4S/c1-18-10-12-31(13-11-18)26(35)17-32-15-19(22-4-2-3-5-23(22)32)14-24-27(36)33(28(37)38-24)16-25(34)30-21-8-6-20(29)7-9-21/h2-9,14-15,18H,10-13,16-17H2,1H3,(H,30,34)/b24-14-. The highest BCUT2D eigenvalue weighted by atomic mass is 32.2. The molecule has 1 aromatic heterocycles. The van der Waals surface area contributed by atoms with Crippen molar-refractivity contribution in [3.8, 4) is 0 Å². The molecule has 0 radical (unpaired) electrons. The molecule has 2 aliphatic heterocycles. The molecule has 10 heteroatoms. The molecule has 196 valence electrons. The molecule has 0 atom stereocenters. The number of anilines is 1. The average molecular weight is 535 g/mol. The number of carbonyl (C=O) groups is 4. The van der Waals surface area contributed by atoms with Gasteiger partial charge in [-0.2, -0.15) is 0 Å². The van der Waals surface area contributed by atoms with Crippen molar-refractivity contribution in [3.05, 3.63) is 71.0 Å². The second-order valence-electron chi connectivity index (χ2n) is 9.62. The van der Waals surface area contributed by atoms with Gasteiger partial charge in [0, 0.05) is 41.4 Å². The summed E-state index contributed by atoms with van der Waals surface area (Å²) >= 11 is 0.766. The molecule has 2 saturated heterocycles. The number of amides is 4. The average Bonchev–Trinajstić information content (AvgIpc) is 3.37. The van der Waals surface area contributed by atoms with Crippen LogP contribution < -0.4 is 5.32 Å². The van der Waals surface area contributed by atoms with Crippen molar-refractivity contribution >= 4 is 57.4 Å². The van der Waals surface area contributed by atoms with Crippen LogP contribution in [0, 0.1) is 11.7 Å². The first kappa shape index (κ1) is 25.7. The summed E-state index contributed by atoms with van der Waals surface area (Å²) in [7, 11) is 0. The van der Waals surface area contributed by atoms with E-state index in [1.54, 1.807) is 6.08 Å². The number of fused-ring (bicyclic) bond motifs is 1. The van der Waals surface area contributed by atoms with Gasteiger partial charge in [-0.3, -0.25) is 24.1 Å². The van der Waals surface area contributed by atoms with Crippen molar-refractivity contribution in [2.24, 2.45) is 5.92 Å². The number of piperidine rings is 1. The number of imide groups is 1. The van der Waals surface area contributed by atoms with Crippen molar-refractivity contribution in [3.63, 3.8) is 0 Å². The van der Waals surface area contributed by atoms with Crippen LogP contribution in [0.25, 0.3) is 17.0 Å². The summed E-state index contributed by atoms with van der Waals surface area (Å²) in [5.74, 6) is -0.892. The first-order valence-corrected chi connectivity index (χ1v) is 13.3. The van der Waals surface area contributed by atoms with Crippen molar-refractivity contribution in [2.45, 2.75) is 26.3 Å². The number of likely N-dealkylation sites (tertiary alicyclic amines) is 1. The highest BCUT2D eigenvalue weighted by molar-refractivity contribution is 8.18. The number of rotatable bonds is 6. The van der Waals surface area contributed by atoms with Gasteiger partial charge in [-0.15, -0.1) is 0 Å². The van der Waals surface area contributed by atoms with Crippen LogP contribution in [-0.2, 0) is 20.9 Å². The molecule has 38 heavy (non-hydrogen) atoms. The molecule has 2 aliphatic rings. The maximum atomic E-state index is 13.1. The van der Waals surface area contributed by atoms with Crippen molar-refractivity contribution in [1.29, 1.82) is 0 Å². The predicted molar refractivity (Wildman–Crippen MR) is 145 cm³/mol. The fourth-order valence-corrected chi connectivity index (χ4v) is 5.51. The number of benzene rings is 2. The molecular weight excluding hydrogens is 507 g/mol. The van der Waals surface area contributed by atoms with Crippen LogP contribution in [0.5, 0.6) is 0 Å². The van der Waals surface area contributed by atoms with E-state index in [4.69, 9.17) is 0 Å². The van der Waals surface area contributed by atoms with Gasteiger partial charge in [-0.1, -0.05) is 25.1 Å². The largest absolute Gasteiger partial charge is 0.341 e. The van der Waals surface area contributed by atoms with Gasteiger partial charge in [0.2, 0.25) is 11.8 Å². The molecule has 3 aromatic rings. The first-order chi connectivity index (χ1) is 18.3. The lowest BCUT2D eigenvalue weighted by atomic mass is 9.99. The van der Waals surface area contributed by atoms with Gasteiger partial charge in [0.05, 0.1) is 4.91 Å². The normalized spacial score (nSPS) is 17.6. The van der Waals surface area contributed by atoms with E-state index < -0.39 is 29.4 Å². The quantitative estimate of drug-likeness (QED) is 0.463. The Morgan fingerprint density at radius 3 is 2.50 bits per heavy atom. The van der Waals surface area contributed by atoms with Crippen molar-refractivity contribution in [2.75, 3.05) is 25.0 Å². The molecule has 0 unspecified atom stereocenters. The Morgan fingerprint density at radius 2 is 1.76 bits per heavy atom. The molecule has 5 rings (SSSR count). The minimum Gasteiger partial charge on any atom is -0.341 e. The third kappa shape index (κ3) is 5.50. The summed E-state index contributed by atoms with van der Waals surface area (Å²) in [6.45, 7) is 3.45. The van der Waals surface area contributed by atoms with Crippen LogP contribution in [0.1, 0.15) is 25.3 Å². The van der Waals surface area contributed by atoms with Crippen LogP contribution in [-0.4, -0.2) is 57.0 Å². The molecule has 2 aromatic carbocycles. The Labute approximate surface area is 223 Å². The molecule has 0 aliphatic carbocycles. The highest BCUT2D eigenvalue weighted by Gasteiger charge is 2.36. The number of hydrogen-bond acceptors (Lipinski definition) is 5. The summed E-state index contributed by atoms with van der Waals surface area (Å²) in [5, 5.41) is 2.86. The molecule has 1 N–H and O–H groups in total. The highest BCUT2D eigenvalue weighted by Crippen LogP contribution is 2.34. The van der Waals surface area contributed by atoms with E-state index in [2.05, 4.69) is 12.2 Å². The zero-order valence-electron chi connectivity index (χ0n) is 20.9. The van der Waals surface area contributed by atoms with Crippen LogP contribution >= 0.6 is 11.8 Å². The van der Waals surface area contributed by atoms with Gasteiger partial charge in [-0.05, 0) is 66.9 Å². The molecule has 2 fully saturated rings. The number of halogens is 1. The minimum absolute atomic E-state index is 0.0525. The fraction of sp³-hybridized carbons (Fsp3) is 0.286. The Balaban J connectivity index is 1.32. The predicted octanol–water partition coefficient (Wildman–Crippen LogP) is 4.71. The summed E-state index contributed by atoms with van der Waals surface area (Å²) < 4.78 is 15.0. The van der Waals surface area contributed by atoms with Gasteiger partial charge in [0.15, 0.2) is 0 Å². The third-order valence-electron chi connectivity index (χ3n) is 6.85. The monoisotopic (exact) mass is 534 g/mol. The lowest BCUT2D eigenvalue weighted by Gasteiger charge is -2.30. The zero-order valence-corrected chi connectivity index (χ0v) is 21.7. The first-order valence-electron chi connectivity index (χ1n) is 12.4. The molecular formula is C28H27FN4O4S. The minimum atomic E-state index is -0.567. The lowest BCUT2D eigenvalue weighted by Crippen LogP contribution is -2.39. The molecule has 8 nitrogen and oxygen atoms in total. The Hall–Kier alpha value is -3.92. The number of hydrogen-bond donors (Lipinski definition) is 1. The lowest BCUT2D eigenvalue weighted by molar-refractivity contribution is -0.133. The maximum absolute atomic E-state index is 13.1. The number of para-hydroxylation sites is 1. The summed E-state index contributed by atoms with van der Waals surface area (Å²) in [5.41, 5.74) is 1.93. The van der Waals surface area contributed by atoms with Gasteiger partial charge >= 0.3 is 0 Å². The van der Waals surface area contributed by atoms with Gasteiger partial charge in [0.1, 0.15) is 18.9 Å². The van der Waals surface area contributed by atoms with E-state index in [9.17, 15) is 23.6 Å². The third-order valence-corrected chi connectivity index (χ3v) is 7.76. The Kier molecular flexibility index (Phi) is 7.33. The van der Waals surface area contributed by atoms with Gasteiger partial charge in [-0.25, -0.2) is 4.39 Å². The molecule has 0 saturated carbocycles. The van der Waals surface area contributed by atoms with Gasteiger partial charge in [0.25, 0.3) is 11.1 Å². The van der Waals surface area contributed by atoms with Gasteiger partial charge < -0.3 is 14.8 Å². The number of thioether (sulfide) groups is 1. The van der Waals surface area contributed by atoms with E-state index in [0.29, 0.717) is 17.2 Å². The number of nitrogens with zero attached hydrogens (tertiary/aromatic N) is 3. The van der Waals surface area contributed by atoms with E-state index in [1.165, 1.54) is 24.3 Å². The SMILES string of the molecule is CC1CCN(C(=O)Cn2cc(/C=C3\SC(=O)N(CC(=O)Nc4ccc(F)cc4)C3=O)c3ccccc32)CC1. The molecule has 3 heterocycles.